The summed E-state index contributed by atoms with van der Waals surface area (Å²) in [4.78, 5) is 0. The van der Waals surface area contributed by atoms with E-state index in [1.807, 2.05) is 35.8 Å². The molecule has 0 aliphatic heterocycles. The monoisotopic (exact) mass is 271 g/mol. The minimum atomic E-state index is 0.435. The van der Waals surface area contributed by atoms with E-state index in [-0.39, 0.29) is 0 Å². The summed E-state index contributed by atoms with van der Waals surface area (Å²) in [6.07, 6.45) is 0. The smallest absolute Gasteiger partial charge is 0.161 e. The quantitative estimate of drug-likeness (QED) is 0.905. The number of rotatable bonds is 5. The van der Waals surface area contributed by atoms with E-state index in [0.29, 0.717) is 36.0 Å². The van der Waals surface area contributed by atoms with Crippen LogP contribution in [0.2, 0.25) is 0 Å². The van der Waals surface area contributed by atoms with Crippen LogP contribution in [-0.4, -0.2) is 18.3 Å². The van der Waals surface area contributed by atoms with Crippen LogP contribution in [-0.2, 0) is 6.54 Å². The predicted octanol–water partition coefficient (Wildman–Crippen LogP) is 2.34. The average molecular weight is 271 g/mol. The molecule has 0 radical (unpaired) electrons. The number of ether oxygens (including phenoxy) is 2. The molecule has 0 atom stereocenters. The van der Waals surface area contributed by atoms with Crippen molar-refractivity contribution in [3.63, 3.8) is 0 Å². The highest BCUT2D eigenvalue weighted by molar-refractivity contribution is 5.49. The van der Waals surface area contributed by atoms with Gasteiger partial charge in [0.05, 0.1) is 19.3 Å². The van der Waals surface area contributed by atoms with Gasteiger partial charge in [0.25, 0.3) is 0 Å². The topological polar surface area (TPSA) is 73.2 Å². The molecule has 0 bridgehead atoms. The van der Waals surface area contributed by atoms with Crippen molar-refractivity contribution in [2.75, 3.05) is 19.5 Å². The van der Waals surface area contributed by atoms with Crippen LogP contribution in [0.15, 0.2) is 30.3 Å². The molecule has 1 aromatic carbocycles. The van der Waals surface area contributed by atoms with Crippen LogP contribution >= 0.6 is 0 Å². The highest BCUT2D eigenvalue weighted by Crippen LogP contribution is 2.26. The Hall–Kier alpha value is -2.61. The van der Waals surface area contributed by atoms with Crippen molar-refractivity contribution in [3.05, 3.63) is 41.7 Å². The van der Waals surface area contributed by atoms with Crippen molar-refractivity contribution in [3.8, 4) is 17.6 Å². The second-order valence-corrected chi connectivity index (χ2v) is 4.33. The molecule has 0 fully saturated rings. The zero-order valence-corrected chi connectivity index (χ0v) is 11.6. The number of hydrogen-bond acceptors (Lipinski definition) is 4. The molecule has 0 saturated heterocycles. The molecule has 0 spiro atoms. The second-order valence-electron chi connectivity index (χ2n) is 4.33. The van der Waals surface area contributed by atoms with Crippen LogP contribution in [0.1, 0.15) is 11.4 Å². The van der Waals surface area contributed by atoms with E-state index >= 15 is 0 Å². The summed E-state index contributed by atoms with van der Waals surface area (Å²) in [6.45, 7) is 2.88. The fourth-order valence-electron chi connectivity index (χ4n) is 2.03. The second kappa shape index (κ2) is 6.02. The summed E-state index contributed by atoms with van der Waals surface area (Å²) in [6, 6.07) is 11.3. The molecule has 2 rings (SSSR count). The van der Waals surface area contributed by atoms with E-state index < -0.39 is 0 Å². The van der Waals surface area contributed by atoms with Crippen LogP contribution in [0.5, 0.6) is 11.5 Å². The number of anilines is 1. The van der Waals surface area contributed by atoms with Gasteiger partial charge in [-0.25, -0.2) is 0 Å². The molecule has 5 heteroatoms. The van der Waals surface area contributed by atoms with Gasteiger partial charge in [0.2, 0.25) is 0 Å². The van der Waals surface area contributed by atoms with E-state index in [4.69, 9.17) is 20.5 Å². The summed E-state index contributed by atoms with van der Waals surface area (Å²) >= 11 is 0. The van der Waals surface area contributed by atoms with Crippen molar-refractivity contribution >= 4 is 5.69 Å². The molecule has 5 nitrogen and oxygen atoms in total. The van der Waals surface area contributed by atoms with E-state index in [1.165, 1.54) is 0 Å². The van der Waals surface area contributed by atoms with Crippen molar-refractivity contribution in [2.24, 2.45) is 0 Å². The van der Waals surface area contributed by atoms with Crippen LogP contribution < -0.4 is 15.2 Å². The number of nitrogens with zero attached hydrogens (tertiary/aromatic N) is 2. The highest BCUT2D eigenvalue weighted by atomic mass is 16.5. The Labute approximate surface area is 118 Å². The zero-order chi connectivity index (χ0) is 14.5. The zero-order valence-electron chi connectivity index (χ0n) is 11.6. The SMILES string of the molecule is COc1ccccc1OCCn1c(C#N)cc(N)c1C. The third kappa shape index (κ3) is 2.69. The molecule has 104 valence electrons. The first-order chi connectivity index (χ1) is 9.67. The number of nitrogens with two attached hydrogens (primary N) is 1. The first-order valence-electron chi connectivity index (χ1n) is 6.29. The minimum Gasteiger partial charge on any atom is -0.493 e. The Kier molecular flexibility index (Phi) is 4.16. The average Bonchev–Trinajstić information content (AvgIpc) is 2.75. The number of nitrogen functional groups attached to an aromatic ring is 1. The van der Waals surface area contributed by atoms with Crippen LogP contribution in [0, 0.1) is 18.3 Å². The van der Waals surface area contributed by atoms with Gasteiger partial charge < -0.3 is 19.8 Å². The van der Waals surface area contributed by atoms with E-state index in [2.05, 4.69) is 6.07 Å². The van der Waals surface area contributed by atoms with E-state index in [0.717, 1.165) is 5.69 Å². The molecule has 0 amide bonds. The number of hydrogen-bond donors (Lipinski definition) is 1. The molecule has 2 N–H and O–H groups in total. The molecule has 0 unspecified atom stereocenters. The number of para-hydroxylation sites is 2. The van der Waals surface area contributed by atoms with Gasteiger partial charge >= 0.3 is 0 Å². The largest absolute Gasteiger partial charge is 0.493 e. The van der Waals surface area contributed by atoms with Gasteiger partial charge in [0, 0.05) is 5.69 Å². The Balaban J connectivity index is 2.05. The van der Waals surface area contributed by atoms with Gasteiger partial charge in [-0.15, -0.1) is 0 Å². The van der Waals surface area contributed by atoms with Crippen LogP contribution in [0.25, 0.3) is 0 Å². The van der Waals surface area contributed by atoms with Gasteiger partial charge in [-0.05, 0) is 25.1 Å². The molecule has 1 heterocycles. The first-order valence-corrected chi connectivity index (χ1v) is 6.29. The van der Waals surface area contributed by atoms with Crippen LogP contribution in [0.4, 0.5) is 5.69 Å². The maximum absolute atomic E-state index is 9.07. The first kappa shape index (κ1) is 13.8. The Morgan fingerprint density at radius 3 is 2.65 bits per heavy atom. The molecule has 2 aromatic rings. The minimum absolute atomic E-state index is 0.435. The van der Waals surface area contributed by atoms with Crippen molar-refractivity contribution in [2.45, 2.75) is 13.5 Å². The summed E-state index contributed by atoms with van der Waals surface area (Å²) in [7, 11) is 1.60. The number of benzene rings is 1. The lowest BCUT2D eigenvalue weighted by Gasteiger charge is -2.12. The molecule has 1 aromatic heterocycles. The summed E-state index contributed by atoms with van der Waals surface area (Å²) < 4.78 is 12.8. The lowest BCUT2D eigenvalue weighted by molar-refractivity contribution is 0.279. The van der Waals surface area contributed by atoms with Crippen molar-refractivity contribution < 1.29 is 9.47 Å². The molecule has 0 aliphatic carbocycles. The van der Waals surface area contributed by atoms with Gasteiger partial charge in [-0.3, -0.25) is 0 Å². The standard InChI is InChI=1S/C15H17N3O2/c1-11-13(17)9-12(10-16)18(11)7-8-20-15-6-4-3-5-14(15)19-2/h3-6,9H,7-8,17H2,1-2H3. The third-order valence-corrected chi connectivity index (χ3v) is 3.16. The Morgan fingerprint density at radius 1 is 1.30 bits per heavy atom. The maximum atomic E-state index is 9.07. The molecule has 0 aliphatic rings. The van der Waals surface area contributed by atoms with Gasteiger partial charge in [-0.2, -0.15) is 5.26 Å². The lowest BCUT2D eigenvalue weighted by Crippen LogP contribution is -2.11. The highest BCUT2D eigenvalue weighted by Gasteiger charge is 2.09. The lowest BCUT2D eigenvalue weighted by atomic mass is 10.3. The predicted molar refractivity (Wildman–Crippen MR) is 76.8 cm³/mol. The fourth-order valence-corrected chi connectivity index (χ4v) is 2.03. The molecule has 20 heavy (non-hydrogen) atoms. The van der Waals surface area contributed by atoms with E-state index in [9.17, 15) is 0 Å². The summed E-state index contributed by atoms with van der Waals surface area (Å²) in [5, 5.41) is 9.07. The fraction of sp³-hybridized carbons (Fsp3) is 0.267. The van der Waals surface area contributed by atoms with Crippen LogP contribution in [0.3, 0.4) is 0 Å². The van der Waals surface area contributed by atoms with Crippen molar-refractivity contribution in [1.82, 2.24) is 4.57 Å². The number of aromatic nitrogens is 1. The maximum Gasteiger partial charge on any atom is 0.161 e. The summed E-state index contributed by atoms with van der Waals surface area (Å²) in [5.74, 6) is 1.38. The van der Waals surface area contributed by atoms with Gasteiger partial charge in [0.15, 0.2) is 11.5 Å². The van der Waals surface area contributed by atoms with Gasteiger partial charge in [-0.1, -0.05) is 12.1 Å². The number of nitriles is 1. The van der Waals surface area contributed by atoms with E-state index in [1.54, 1.807) is 13.2 Å². The Morgan fingerprint density at radius 2 is 2.00 bits per heavy atom. The normalized spacial score (nSPS) is 10.1. The molecular formula is C15H17N3O2. The van der Waals surface area contributed by atoms with Crippen molar-refractivity contribution in [1.29, 1.82) is 5.26 Å². The summed E-state index contributed by atoms with van der Waals surface area (Å²) in [5.41, 5.74) is 7.86. The van der Waals surface area contributed by atoms with Gasteiger partial charge in [0.1, 0.15) is 18.4 Å². The molecule has 0 saturated carbocycles. The molecular weight excluding hydrogens is 254 g/mol. The number of methoxy groups -OCH3 is 1. The Bertz CT molecular complexity index is 641. The third-order valence-electron chi connectivity index (χ3n) is 3.16.